The molecule has 0 aliphatic rings. The van der Waals surface area contributed by atoms with E-state index in [-0.39, 0.29) is 15.8 Å². The van der Waals surface area contributed by atoms with Crippen LogP contribution in [-0.4, -0.2) is 10.1 Å². The molecule has 5 heteroatoms. The lowest BCUT2D eigenvalue weighted by molar-refractivity contribution is 0.476. The first kappa shape index (κ1) is 9.77. The fourth-order valence-corrected chi connectivity index (χ4v) is 2.12. The maximum atomic E-state index is 9.35. The second kappa shape index (κ2) is 3.77. The molecule has 0 atom stereocenters. The lowest BCUT2D eigenvalue weighted by Gasteiger charge is -2.02. The standard InChI is InChI=1S/C9H5Cl2NOS/c10-6-1-5(2-7(11)9(6)13)8-3-14-4-12-8/h1-4,13H. The van der Waals surface area contributed by atoms with E-state index in [1.54, 1.807) is 17.6 Å². The maximum Gasteiger partial charge on any atom is 0.152 e. The quantitative estimate of drug-likeness (QED) is 0.829. The number of aromatic hydroxyl groups is 1. The van der Waals surface area contributed by atoms with Crippen molar-refractivity contribution in [2.75, 3.05) is 0 Å². The number of phenols is 1. The Kier molecular flexibility index (Phi) is 2.63. The molecule has 2 nitrogen and oxygen atoms in total. The van der Waals surface area contributed by atoms with Crippen LogP contribution in [0, 0.1) is 0 Å². The molecule has 0 saturated carbocycles. The van der Waals surface area contributed by atoms with Crippen molar-refractivity contribution in [3.05, 3.63) is 33.1 Å². The minimum atomic E-state index is -0.0905. The number of halogens is 2. The van der Waals surface area contributed by atoms with Crippen LogP contribution in [0.2, 0.25) is 10.0 Å². The highest BCUT2D eigenvalue weighted by Gasteiger charge is 2.08. The zero-order chi connectivity index (χ0) is 10.1. The van der Waals surface area contributed by atoms with E-state index in [0.29, 0.717) is 0 Å². The second-order valence-electron chi connectivity index (χ2n) is 2.66. The Balaban J connectivity index is 2.57. The van der Waals surface area contributed by atoms with E-state index in [2.05, 4.69) is 4.98 Å². The van der Waals surface area contributed by atoms with Crippen LogP contribution in [0.4, 0.5) is 0 Å². The van der Waals surface area contributed by atoms with E-state index >= 15 is 0 Å². The predicted molar refractivity (Wildman–Crippen MR) is 59.2 cm³/mol. The average molecular weight is 246 g/mol. The molecule has 1 aromatic heterocycles. The largest absolute Gasteiger partial charge is 0.505 e. The van der Waals surface area contributed by atoms with Crippen molar-refractivity contribution in [1.29, 1.82) is 0 Å². The summed E-state index contributed by atoms with van der Waals surface area (Å²) in [6, 6.07) is 3.27. The van der Waals surface area contributed by atoms with Gasteiger partial charge in [0.25, 0.3) is 0 Å². The number of hydrogen-bond acceptors (Lipinski definition) is 3. The summed E-state index contributed by atoms with van der Waals surface area (Å²) in [6.07, 6.45) is 0. The zero-order valence-corrected chi connectivity index (χ0v) is 9.20. The first-order valence-electron chi connectivity index (χ1n) is 3.75. The molecule has 0 fully saturated rings. The normalized spacial score (nSPS) is 10.4. The van der Waals surface area contributed by atoms with Crippen LogP contribution in [0.15, 0.2) is 23.0 Å². The topological polar surface area (TPSA) is 33.1 Å². The fraction of sp³-hybridized carbons (Fsp3) is 0. The van der Waals surface area contributed by atoms with E-state index in [9.17, 15) is 5.11 Å². The second-order valence-corrected chi connectivity index (χ2v) is 4.20. The van der Waals surface area contributed by atoms with Gasteiger partial charge in [0, 0.05) is 10.9 Å². The molecule has 1 heterocycles. The summed E-state index contributed by atoms with van der Waals surface area (Å²) in [5.41, 5.74) is 3.34. The van der Waals surface area contributed by atoms with E-state index in [1.165, 1.54) is 11.3 Å². The maximum absolute atomic E-state index is 9.35. The third-order valence-electron chi connectivity index (χ3n) is 1.74. The number of benzene rings is 1. The van der Waals surface area contributed by atoms with Gasteiger partial charge in [-0.15, -0.1) is 11.3 Å². The smallest absolute Gasteiger partial charge is 0.152 e. The highest BCUT2D eigenvalue weighted by atomic mass is 35.5. The molecule has 0 spiro atoms. The Hall–Kier alpha value is -0.770. The van der Waals surface area contributed by atoms with Gasteiger partial charge in [-0.2, -0.15) is 0 Å². The van der Waals surface area contributed by atoms with Crippen molar-refractivity contribution in [3.8, 4) is 17.0 Å². The lowest BCUT2D eigenvalue weighted by Crippen LogP contribution is -1.79. The number of hydrogen-bond donors (Lipinski definition) is 1. The van der Waals surface area contributed by atoms with Crippen molar-refractivity contribution in [2.24, 2.45) is 0 Å². The van der Waals surface area contributed by atoms with Gasteiger partial charge in [-0.1, -0.05) is 23.2 Å². The molecular weight excluding hydrogens is 241 g/mol. The zero-order valence-electron chi connectivity index (χ0n) is 6.87. The van der Waals surface area contributed by atoms with E-state index in [4.69, 9.17) is 23.2 Å². The minimum Gasteiger partial charge on any atom is -0.505 e. The fourth-order valence-electron chi connectivity index (χ4n) is 1.07. The first-order chi connectivity index (χ1) is 6.68. The van der Waals surface area contributed by atoms with Gasteiger partial charge in [0.15, 0.2) is 5.75 Å². The highest BCUT2D eigenvalue weighted by Crippen LogP contribution is 2.36. The molecule has 2 aromatic rings. The number of nitrogens with zero attached hydrogens (tertiary/aromatic N) is 1. The summed E-state index contributed by atoms with van der Waals surface area (Å²) in [5.74, 6) is -0.0905. The molecule has 0 aliphatic heterocycles. The average Bonchev–Trinajstić information content (AvgIpc) is 2.66. The predicted octanol–water partition coefficient (Wildman–Crippen LogP) is 3.82. The van der Waals surface area contributed by atoms with E-state index in [1.807, 2.05) is 5.38 Å². The summed E-state index contributed by atoms with van der Waals surface area (Å²) in [6.45, 7) is 0. The van der Waals surface area contributed by atoms with Crippen LogP contribution in [0.5, 0.6) is 5.75 Å². The van der Waals surface area contributed by atoms with Crippen LogP contribution >= 0.6 is 34.5 Å². The summed E-state index contributed by atoms with van der Waals surface area (Å²) >= 11 is 13.0. The van der Waals surface area contributed by atoms with Gasteiger partial charge in [-0.3, -0.25) is 0 Å². The number of rotatable bonds is 1. The van der Waals surface area contributed by atoms with Crippen LogP contribution in [0.25, 0.3) is 11.3 Å². The summed E-state index contributed by atoms with van der Waals surface area (Å²) in [4.78, 5) is 4.12. The third-order valence-corrected chi connectivity index (χ3v) is 2.91. The van der Waals surface area contributed by atoms with Crippen LogP contribution in [0.3, 0.4) is 0 Å². The molecule has 1 aromatic carbocycles. The van der Waals surface area contributed by atoms with Gasteiger partial charge >= 0.3 is 0 Å². The third kappa shape index (κ3) is 1.71. The SMILES string of the molecule is Oc1c(Cl)cc(-c2cscn2)cc1Cl. The van der Waals surface area contributed by atoms with E-state index in [0.717, 1.165) is 11.3 Å². The lowest BCUT2D eigenvalue weighted by atomic mass is 10.2. The van der Waals surface area contributed by atoms with Gasteiger partial charge in [-0.05, 0) is 12.1 Å². The molecule has 0 aliphatic carbocycles. The summed E-state index contributed by atoms with van der Waals surface area (Å²) in [5, 5.41) is 11.7. The van der Waals surface area contributed by atoms with Crippen LogP contribution < -0.4 is 0 Å². The molecule has 0 unspecified atom stereocenters. The Morgan fingerprint density at radius 1 is 1.21 bits per heavy atom. The first-order valence-corrected chi connectivity index (χ1v) is 5.45. The van der Waals surface area contributed by atoms with Gasteiger partial charge in [-0.25, -0.2) is 4.98 Å². The molecule has 2 rings (SSSR count). The summed E-state index contributed by atoms with van der Waals surface area (Å²) in [7, 11) is 0. The molecule has 72 valence electrons. The molecule has 0 saturated heterocycles. The minimum absolute atomic E-state index is 0.0905. The van der Waals surface area contributed by atoms with Crippen molar-refractivity contribution in [1.82, 2.24) is 4.98 Å². The van der Waals surface area contributed by atoms with Crippen molar-refractivity contribution in [3.63, 3.8) is 0 Å². The van der Waals surface area contributed by atoms with Crippen molar-refractivity contribution < 1.29 is 5.11 Å². The monoisotopic (exact) mass is 245 g/mol. The van der Waals surface area contributed by atoms with Crippen LogP contribution in [0.1, 0.15) is 0 Å². The molecular formula is C9H5Cl2NOS. The number of phenolic OH excluding ortho intramolecular Hbond substituents is 1. The van der Waals surface area contributed by atoms with Gasteiger partial charge in [0.1, 0.15) is 0 Å². The Labute approximate surface area is 94.7 Å². The molecule has 1 N–H and O–H groups in total. The van der Waals surface area contributed by atoms with Gasteiger partial charge in [0.05, 0.1) is 21.2 Å². The number of thiazole rings is 1. The Bertz CT molecular complexity index is 433. The Morgan fingerprint density at radius 3 is 2.36 bits per heavy atom. The summed E-state index contributed by atoms with van der Waals surface area (Å²) < 4.78 is 0. The van der Waals surface area contributed by atoms with Crippen LogP contribution in [-0.2, 0) is 0 Å². The molecule has 14 heavy (non-hydrogen) atoms. The van der Waals surface area contributed by atoms with Gasteiger partial charge < -0.3 is 5.11 Å². The molecule has 0 bridgehead atoms. The van der Waals surface area contributed by atoms with E-state index < -0.39 is 0 Å². The number of aromatic nitrogens is 1. The molecule has 0 amide bonds. The van der Waals surface area contributed by atoms with Crippen molar-refractivity contribution >= 4 is 34.5 Å². The Morgan fingerprint density at radius 2 is 1.86 bits per heavy atom. The van der Waals surface area contributed by atoms with Crippen molar-refractivity contribution in [2.45, 2.75) is 0 Å². The molecule has 0 radical (unpaired) electrons. The van der Waals surface area contributed by atoms with Gasteiger partial charge in [0.2, 0.25) is 0 Å². The highest BCUT2D eigenvalue weighted by molar-refractivity contribution is 7.07.